The van der Waals surface area contributed by atoms with Crippen molar-refractivity contribution in [2.24, 2.45) is 0 Å². The van der Waals surface area contributed by atoms with Crippen LogP contribution in [0.25, 0.3) is 0 Å². The molecule has 6 nitrogen and oxygen atoms in total. The molecular formula is C20H18BrClN2O4. The predicted octanol–water partition coefficient (Wildman–Crippen LogP) is 4.96. The fraction of sp³-hybridized carbons (Fsp3) is 0.200. The van der Waals surface area contributed by atoms with E-state index < -0.39 is 18.5 Å². The Kier molecular flexibility index (Phi) is 6.26. The molecular weight excluding hydrogens is 448 g/mol. The van der Waals surface area contributed by atoms with Crippen LogP contribution in [0.4, 0.5) is 5.69 Å². The molecule has 0 aliphatic heterocycles. The summed E-state index contributed by atoms with van der Waals surface area (Å²) >= 11 is 9.37. The van der Waals surface area contributed by atoms with E-state index in [1.165, 1.54) is 0 Å². The highest BCUT2D eigenvalue weighted by Gasteiger charge is 2.19. The number of rotatable bonds is 6. The zero-order valence-corrected chi connectivity index (χ0v) is 17.6. The number of aromatic nitrogens is 1. The number of furan rings is 1. The molecule has 8 heteroatoms. The number of ether oxygens (including phenoxy) is 1. The second-order valence-corrected chi connectivity index (χ2v) is 7.52. The summed E-state index contributed by atoms with van der Waals surface area (Å²) in [6, 6.07) is 10.5. The standard InChI is InChI=1S/C20H18BrClN2O4/c1-12-8-16(13(2)24(12)10-15-4-3-7-27-15)20(26)28-11-19(25)23-18-6-5-14(21)9-17(18)22/h3-9H,10-11H2,1-2H3,(H,23,25). The van der Waals surface area contributed by atoms with Crippen molar-refractivity contribution in [3.8, 4) is 0 Å². The molecule has 146 valence electrons. The second-order valence-electron chi connectivity index (χ2n) is 6.20. The van der Waals surface area contributed by atoms with Crippen LogP contribution >= 0.6 is 27.5 Å². The van der Waals surface area contributed by atoms with Crippen LogP contribution in [0.1, 0.15) is 27.5 Å². The molecule has 0 atom stereocenters. The van der Waals surface area contributed by atoms with Gasteiger partial charge in [-0.3, -0.25) is 4.79 Å². The van der Waals surface area contributed by atoms with Gasteiger partial charge in [-0.2, -0.15) is 0 Å². The molecule has 0 radical (unpaired) electrons. The van der Waals surface area contributed by atoms with E-state index in [-0.39, 0.29) is 0 Å². The number of esters is 1. The van der Waals surface area contributed by atoms with Crippen LogP contribution in [-0.2, 0) is 16.1 Å². The van der Waals surface area contributed by atoms with Crippen molar-refractivity contribution in [1.82, 2.24) is 4.57 Å². The van der Waals surface area contributed by atoms with Crippen molar-refractivity contribution in [1.29, 1.82) is 0 Å². The number of hydrogen-bond donors (Lipinski definition) is 1. The number of carbonyl (C=O) groups is 2. The number of hydrogen-bond acceptors (Lipinski definition) is 4. The number of benzene rings is 1. The summed E-state index contributed by atoms with van der Waals surface area (Å²) < 4.78 is 13.3. The lowest BCUT2D eigenvalue weighted by Crippen LogP contribution is -2.21. The Balaban J connectivity index is 1.62. The minimum atomic E-state index is -0.559. The molecule has 0 saturated heterocycles. The largest absolute Gasteiger partial charge is 0.467 e. The zero-order chi connectivity index (χ0) is 20.3. The maximum Gasteiger partial charge on any atom is 0.340 e. The second kappa shape index (κ2) is 8.67. The number of halogens is 2. The highest BCUT2D eigenvalue weighted by molar-refractivity contribution is 9.10. The Morgan fingerprint density at radius 1 is 1.25 bits per heavy atom. The van der Waals surface area contributed by atoms with E-state index in [1.54, 1.807) is 30.5 Å². The summed E-state index contributed by atoms with van der Waals surface area (Å²) in [5.74, 6) is -0.245. The van der Waals surface area contributed by atoms with Crippen LogP contribution in [0.15, 0.2) is 51.6 Å². The summed E-state index contributed by atoms with van der Waals surface area (Å²) in [6.07, 6.45) is 1.61. The van der Waals surface area contributed by atoms with Crippen molar-refractivity contribution in [3.05, 3.63) is 74.9 Å². The van der Waals surface area contributed by atoms with Crippen molar-refractivity contribution >= 4 is 45.1 Å². The molecule has 1 amide bonds. The van der Waals surface area contributed by atoms with Crippen LogP contribution in [0.2, 0.25) is 5.02 Å². The normalized spacial score (nSPS) is 10.7. The van der Waals surface area contributed by atoms with Gasteiger partial charge < -0.3 is 19.0 Å². The average Bonchev–Trinajstić information content (AvgIpc) is 3.26. The first-order chi connectivity index (χ1) is 13.3. The molecule has 2 heterocycles. The van der Waals surface area contributed by atoms with E-state index in [0.717, 1.165) is 21.6 Å². The summed E-state index contributed by atoms with van der Waals surface area (Å²) in [7, 11) is 0. The first-order valence-corrected chi connectivity index (χ1v) is 9.63. The Bertz CT molecular complexity index is 1010. The third kappa shape index (κ3) is 4.66. The highest BCUT2D eigenvalue weighted by Crippen LogP contribution is 2.25. The number of nitrogens with zero attached hydrogens (tertiary/aromatic N) is 1. The lowest BCUT2D eigenvalue weighted by atomic mass is 10.2. The van der Waals surface area contributed by atoms with E-state index in [1.807, 2.05) is 30.5 Å². The summed E-state index contributed by atoms with van der Waals surface area (Å²) in [6.45, 7) is 3.83. The first-order valence-electron chi connectivity index (χ1n) is 8.46. The smallest absolute Gasteiger partial charge is 0.340 e. The van der Waals surface area contributed by atoms with Gasteiger partial charge in [-0.15, -0.1) is 0 Å². The highest BCUT2D eigenvalue weighted by atomic mass is 79.9. The van der Waals surface area contributed by atoms with Gasteiger partial charge in [-0.25, -0.2) is 4.79 Å². The van der Waals surface area contributed by atoms with Gasteiger partial charge in [0, 0.05) is 15.9 Å². The number of anilines is 1. The Morgan fingerprint density at radius 2 is 2.04 bits per heavy atom. The Hall–Kier alpha value is -2.51. The van der Waals surface area contributed by atoms with E-state index in [4.69, 9.17) is 20.8 Å². The maximum absolute atomic E-state index is 12.4. The molecule has 1 aromatic carbocycles. The summed E-state index contributed by atoms with van der Waals surface area (Å²) in [4.78, 5) is 24.5. The van der Waals surface area contributed by atoms with Crippen LogP contribution in [0, 0.1) is 13.8 Å². The molecule has 3 rings (SSSR count). The van der Waals surface area contributed by atoms with Crippen molar-refractivity contribution in [2.75, 3.05) is 11.9 Å². The van der Waals surface area contributed by atoms with Crippen molar-refractivity contribution in [2.45, 2.75) is 20.4 Å². The van der Waals surface area contributed by atoms with Crippen molar-refractivity contribution < 1.29 is 18.7 Å². The van der Waals surface area contributed by atoms with Gasteiger partial charge in [0.05, 0.1) is 29.1 Å². The molecule has 0 aliphatic rings. The number of amides is 1. The third-order valence-electron chi connectivity index (χ3n) is 4.23. The van der Waals surface area contributed by atoms with Gasteiger partial charge in [0.15, 0.2) is 6.61 Å². The van der Waals surface area contributed by atoms with Gasteiger partial charge in [-0.05, 0) is 50.2 Å². The minimum Gasteiger partial charge on any atom is -0.467 e. The quantitative estimate of drug-likeness (QED) is 0.522. The monoisotopic (exact) mass is 464 g/mol. The van der Waals surface area contributed by atoms with E-state index in [9.17, 15) is 9.59 Å². The molecule has 2 aromatic heterocycles. The minimum absolute atomic E-state index is 0.385. The molecule has 0 fully saturated rings. The van der Waals surface area contributed by atoms with E-state index in [0.29, 0.717) is 22.8 Å². The zero-order valence-electron chi connectivity index (χ0n) is 15.3. The van der Waals surface area contributed by atoms with Crippen molar-refractivity contribution in [3.63, 3.8) is 0 Å². The lowest BCUT2D eigenvalue weighted by Gasteiger charge is -2.09. The van der Waals surface area contributed by atoms with Gasteiger partial charge in [0.1, 0.15) is 5.76 Å². The number of carbonyl (C=O) groups excluding carboxylic acids is 2. The number of aryl methyl sites for hydroxylation is 1. The average molecular weight is 466 g/mol. The third-order valence-corrected chi connectivity index (χ3v) is 5.03. The fourth-order valence-electron chi connectivity index (χ4n) is 2.80. The van der Waals surface area contributed by atoms with Crippen LogP contribution in [0.5, 0.6) is 0 Å². The molecule has 0 aliphatic carbocycles. The maximum atomic E-state index is 12.4. The Morgan fingerprint density at radius 3 is 2.71 bits per heavy atom. The Labute approximate surface area is 175 Å². The molecule has 0 bridgehead atoms. The predicted molar refractivity (Wildman–Crippen MR) is 110 cm³/mol. The van der Waals surface area contributed by atoms with Crippen LogP contribution in [-0.4, -0.2) is 23.1 Å². The van der Waals surface area contributed by atoms with Crippen LogP contribution in [0.3, 0.4) is 0 Å². The van der Waals surface area contributed by atoms with Gasteiger partial charge in [0.2, 0.25) is 0 Å². The fourth-order valence-corrected chi connectivity index (χ4v) is 3.52. The summed E-state index contributed by atoms with van der Waals surface area (Å²) in [5.41, 5.74) is 2.50. The van der Waals surface area contributed by atoms with E-state index in [2.05, 4.69) is 21.2 Å². The molecule has 3 aromatic rings. The summed E-state index contributed by atoms with van der Waals surface area (Å²) in [5, 5.41) is 3.00. The molecule has 0 unspecified atom stereocenters. The topological polar surface area (TPSA) is 73.5 Å². The van der Waals surface area contributed by atoms with Gasteiger partial charge in [0.25, 0.3) is 5.91 Å². The number of nitrogens with one attached hydrogen (secondary N) is 1. The van der Waals surface area contributed by atoms with E-state index >= 15 is 0 Å². The van der Waals surface area contributed by atoms with Gasteiger partial charge in [-0.1, -0.05) is 27.5 Å². The molecule has 28 heavy (non-hydrogen) atoms. The molecule has 1 N–H and O–H groups in total. The SMILES string of the molecule is Cc1cc(C(=O)OCC(=O)Nc2ccc(Br)cc2Cl)c(C)n1Cc1ccco1. The van der Waals surface area contributed by atoms with Crippen LogP contribution < -0.4 is 5.32 Å². The lowest BCUT2D eigenvalue weighted by molar-refractivity contribution is -0.119. The molecule has 0 spiro atoms. The first kappa shape index (κ1) is 20.2. The van der Waals surface area contributed by atoms with Gasteiger partial charge >= 0.3 is 5.97 Å². The molecule has 0 saturated carbocycles.